The van der Waals surface area contributed by atoms with Crippen LogP contribution in [0.4, 0.5) is 5.69 Å². The van der Waals surface area contributed by atoms with Gasteiger partial charge >= 0.3 is 11.9 Å². The molecule has 0 unspecified atom stereocenters. The van der Waals surface area contributed by atoms with E-state index >= 15 is 0 Å². The van der Waals surface area contributed by atoms with Gasteiger partial charge in [-0.15, -0.1) is 0 Å². The van der Waals surface area contributed by atoms with Gasteiger partial charge in [0.05, 0.1) is 22.2 Å². The fourth-order valence-corrected chi connectivity index (χ4v) is 5.05. The summed E-state index contributed by atoms with van der Waals surface area (Å²) in [6, 6.07) is 34.8. The lowest BCUT2D eigenvalue weighted by atomic mass is 10.2. The lowest BCUT2D eigenvalue weighted by molar-refractivity contribution is 0.0731. The molecule has 5 rings (SSSR count). The third-order valence-corrected chi connectivity index (χ3v) is 7.64. The smallest absolute Gasteiger partial charge is 0.343 e. The van der Waals surface area contributed by atoms with Gasteiger partial charge in [0, 0.05) is 22.9 Å². The highest BCUT2D eigenvalue weighted by Crippen LogP contribution is 2.26. The summed E-state index contributed by atoms with van der Waals surface area (Å²) >= 11 is 0. The number of hydrogen-bond donors (Lipinski definition) is 2. The van der Waals surface area contributed by atoms with Crippen LogP contribution in [-0.4, -0.2) is 32.5 Å². The second-order valence-corrected chi connectivity index (χ2v) is 11.1. The monoisotopic (exact) mass is 619 g/mol. The summed E-state index contributed by atoms with van der Waals surface area (Å²) in [5.74, 6) is -1.65. The van der Waals surface area contributed by atoms with Crippen LogP contribution in [0.15, 0.2) is 143 Å². The van der Waals surface area contributed by atoms with Gasteiger partial charge in [-0.1, -0.05) is 54.6 Å². The molecule has 0 aromatic heterocycles. The molecule has 10 nitrogen and oxygen atoms in total. The number of hydrazone groups is 1. The molecule has 0 heterocycles. The molecule has 0 saturated heterocycles. The minimum atomic E-state index is -3.78. The highest BCUT2D eigenvalue weighted by molar-refractivity contribution is 7.92. The maximum absolute atomic E-state index is 12.8. The van der Waals surface area contributed by atoms with E-state index in [0.29, 0.717) is 16.7 Å². The molecule has 0 fully saturated rings. The van der Waals surface area contributed by atoms with Crippen LogP contribution < -0.4 is 19.6 Å². The summed E-state index contributed by atoms with van der Waals surface area (Å²) in [6.07, 6.45) is 1.27. The van der Waals surface area contributed by atoms with E-state index in [1.165, 1.54) is 60.8 Å². The Morgan fingerprint density at radius 3 is 1.78 bits per heavy atom. The van der Waals surface area contributed by atoms with Gasteiger partial charge in [0.25, 0.3) is 15.9 Å². The number of nitrogens with one attached hydrogen (secondary N) is 2. The van der Waals surface area contributed by atoms with E-state index < -0.39 is 27.9 Å². The predicted octanol–water partition coefficient (Wildman–Crippen LogP) is 5.69. The molecule has 224 valence electrons. The maximum atomic E-state index is 12.8. The first-order valence-electron chi connectivity index (χ1n) is 13.5. The number of hydrogen-bond acceptors (Lipinski definition) is 8. The fraction of sp³-hybridized carbons (Fsp3) is 0. The molecule has 0 aliphatic rings. The highest BCUT2D eigenvalue weighted by atomic mass is 32.2. The Morgan fingerprint density at radius 2 is 1.18 bits per heavy atom. The number of nitrogens with zero attached hydrogens (tertiary/aromatic N) is 1. The van der Waals surface area contributed by atoms with Crippen molar-refractivity contribution in [2.45, 2.75) is 4.90 Å². The summed E-state index contributed by atoms with van der Waals surface area (Å²) in [6.45, 7) is 0. The van der Waals surface area contributed by atoms with Crippen LogP contribution in [-0.2, 0) is 10.0 Å². The molecule has 0 bridgehead atoms. The number of carbonyl (C=O) groups excluding carboxylic acids is 3. The average Bonchev–Trinajstić information content (AvgIpc) is 3.07. The molecule has 0 atom stereocenters. The molecule has 5 aromatic carbocycles. The second kappa shape index (κ2) is 13.9. The van der Waals surface area contributed by atoms with Gasteiger partial charge in [0.15, 0.2) is 0 Å². The van der Waals surface area contributed by atoms with E-state index in [0.717, 1.165) is 0 Å². The molecular weight excluding hydrogens is 594 g/mol. The molecule has 1 amide bonds. The van der Waals surface area contributed by atoms with E-state index in [1.54, 1.807) is 78.9 Å². The Labute approximate surface area is 259 Å². The molecule has 2 N–H and O–H groups in total. The van der Waals surface area contributed by atoms with Crippen molar-refractivity contribution in [3.8, 4) is 11.5 Å². The zero-order chi connectivity index (χ0) is 31.6. The topological polar surface area (TPSA) is 140 Å². The van der Waals surface area contributed by atoms with E-state index in [-0.39, 0.29) is 27.6 Å². The van der Waals surface area contributed by atoms with E-state index in [4.69, 9.17) is 9.47 Å². The standard InChI is InChI=1S/C34H25N3O7S/c38-32(24-16-19-28(20-17-24)37-45(41,42)30-14-8-3-9-15-30)36-35-23-27-18-21-29(43-33(39)25-10-4-1-5-11-25)22-31(27)44-34(40)26-12-6-2-7-13-26/h1-23,37H,(H,36,38). The molecule has 0 aliphatic heterocycles. The predicted molar refractivity (Wildman–Crippen MR) is 168 cm³/mol. The van der Waals surface area contributed by atoms with Crippen molar-refractivity contribution < 1.29 is 32.3 Å². The third-order valence-electron chi connectivity index (χ3n) is 6.24. The highest BCUT2D eigenvalue weighted by Gasteiger charge is 2.16. The van der Waals surface area contributed by atoms with Crippen molar-refractivity contribution in [2.24, 2.45) is 5.10 Å². The maximum Gasteiger partial charge on any atom is 0.343 e. The first-order valence-corrected chi connectivity index (χ1v) is 15.0. The number of carbonyl (C=O) groups is 3. The first-order chi connectivity index (χ1) is 21.8. The van der Waals surface area contributed by atoms with Gasteiger partial charge in [0.1, 0.15) is 11.5 Å². The van der Waals surface area contributed by atoms with E-state index in [2.05, 4.69) is 15.2 Å². The molecule has 5 aromatic rings. The van der Waals surface area contributed by atoms with Crippen LogP contribution in [0.1, 0.15) is 36.6 Å². The second-order valence-electron chi connectivity index (χ2n) is 9.41. The molecular formula is C34H25N3O7S. The van der Waals surface area contributed by atoms with Gasteiger partial charge < -0.3 is 9.47 Å². The SMILES string of the molecule is O=C(NN=Cc1ccc(OC(=O)c2ccccc2)cc1OC(=O)c1ccccc1)c1ccc(NS(=O)(=O)c2ccccc2)cc1. The van der Waals surface area contributed by atoms with E-state index in [9.17, 15) is 22.8 Å². The average molecular weight is 620 g/mol. The third kappa shape index (κ3) is 8.06. The molecule has 0 radical (unpaired) electrons. The van der Waals surface area contributed by atoms with Crippen LogP contribution in [0.5, 0.6) is 11.5 Å². The Bertz CT molecular complexity index is 1950. The Hall–Kier alpha value is -6.07. The zero-order valence-electron chi connectivity index (χ0n) is 23.5. The normalized spacial score (nSPS) is 11.0. The summed E-state index contributed by atoms with van der Waals surface area (Å²) in [4.78, 5) is 38.2. The number of sulfonamides is 1. The van der Waals surface area contributed by atoms with Gasteiger partial charge in [0.2, 0.25) is 0 Å². The number of ether oxygens (including phenoxy) is 2. The van der Waals surface area contributed by atoms with Crippen LogP contribution in [0, 0.1) is 0 Å². The molecule has 0 spiro atoms. The van der Waals surface area contributed by atoms with Gasteiger partial charge in [-0.25, -0.2) is 23.4 Å². The van der Waals surface area contributed by atoms with Crippen molar-refractivity contribution in [2.75, 3.05) is 4.72 Å². The van der Waals surface area contributed by atoms with Crippen molar-refractivity contribution in [3.05, 3.63) is 156 Å². The van der Waals surface area contributed by atoms with Crippen molar-refractivity contribution in [1.29, 1.82) is 0 Å². The zero-order valence-corrected chi connectivity index (χ0v) is 24.3. The minimum Gasteiger partial charge on any atom is -0.423 e. The van der Waals surface area contributed by atoms with Crippen LogP contribution in [0.25, 0.3) is 0 Å². The molecule has 0 aliphatic carbocycles. The van der Waals surface area contributed by atoms with Crippen LogP contribution in [0.3, 0.4) is 0 Å². The van der Waals surface area contributed by atoms with Crippen LogP contribution >= 0.6 is 0 Å². The Kier molecular flexibility index (Phi) is 9.41. The summed E-state index contributed by atoms with van der Waals surface area (Å²) in [7, 11) is -3.78. The Morgan fingerprint density at radius 1 is 0.622 bits per heavy atom. The summed E-state index contributed by atoms with van der Waals surface area (Å²) in [5.41, 5.74) is 3.83. The molecule has 0 saturated carbocycles. The number of esters is 2. The summed E-state index contributed by atoms with van der Waals surface area (Å²) in [5, 5.41) is 3.98. The van der Waals surface area contributed by atoms with Crippen molar-refractivity contribution >= 4 is 39.8 Å². The van der Waals surface area contributed by atoms with Gasteiger partial charge in [-0.2, -0.15) is 5.10 Å². The lowest BCUT2D eigenvalue weighted by Crippen LogP contribution is -2.18. The number of benzene rings is 5. The quantitative estimate of drug-likeness (QED) is 0.0886. The minimum absolute atomic E-state index is 0.0373. The van der Waals surface area contributed by atoms with Crippen molar-refractivity contribution in [3.63, 3.8) is 0 Å². The molecule has 11 heteroatoms. The summed E-state index contributed by atoms with van der Waals surface area (Å²) < 4.78 is 38.6. The fourth-order valence-electron chi connectivity index (χ4n) is 3.97. The lowest BCUT2D eigenvalue weighted by Gasteiger charge is -2.11. The molecule has 45 heavy (non-hydrogen) atoms. The van der Waals surface area contributed by atoms with Gasteiger partial charge in [-0.3, -0.25) is 9.52 Å². The van der Waals surface area contributed by atoms with Crippen molar-refractivity contribution in [1.82, 2.24) is 5.43 Å². The Balaban J connectivity index is 1.29. The number of amides is 1. The number of rotatable bonds is 10. The van der Waals surface area contributed by atoms with Gasteiger partial charge in [-0.05, 0) is 72.8 Å². The van der Waals surface area contributed by atoms with E-state index in [1.807, 2.05) is 0 Å². The first kappa shape index (κ1) is 30.4. The van der Waals surface area contributed by atoms with Crippen LogP contribution in [0.2, 0.25) is 0 Å². The number of anilines is 1. The largest absolute Gasteiger partial charge is 0.423 e.